The summed E-state index contributed by atoms with van der Waals surface area (Å²) in [6, 6.07) is 8.46. The van der Waals surface area contributed by atoms with Crippen molar-refractivity contribution in [2.75, 3.05) is 0 Å². The summed E-state index contributed by atoms with van der Waals surface area (Å²) in [5.74, 6) is 0.842. The number of benzene rings is 1. The van der Waals surface area contributed by atoms with Crippen molar-refractivity contribution in [2.45, 2.75) is 49.8 Å². The summed E-state index contributed by atoms with van der Waals surface area (Å²) in [6.07, 6.45) is 9.54. The second-order valence-electron chi connectivity index (χ2n) is 5.55. The van der Waals surface area contributed by atoms with Crippen molar-refractivity contribution in [3.63, 3.8) is 0 Å². The minimum atomic E-state index is 0.603. The highest BCUT2D eigenvalue weighted by Crippen LogP contribution is 2.32. The van der Waals surface area contributed by atoms with Crippen molar-refractivity contribution in [1.82, 2.24) is 4.98 Å². The first kappa shape index (κ1) is 13.6. The molecule has 0 saturated heterocycles. The molecule has 1 saturated carbocycles. The summed E-state index contributed by atoms with van der Waals surface area (Å²) in [6.45, 7) is 0. The standard InChI is InChI=1S/C16H20BrNS/c17-13(12-7-3-1-2-4-8-12)11-16-18-14-9-5-6-10-15(14)19-16/h5-6,9-10,12-13H,1-4,7-8,11H2. The average molecular weight is 338 g/mol. The maximum absolute atomic E-state index is 4.76. The van der Waals surface area contributed by atoms with Gasteiger partial charge in [-0.05, 0) is 30.9 Å². The molecule has 3 rings (SSSR count). The molecule has 0 aliphatic heterocycles. The highest BCUT2D eigenvalue weighted by molar-refractivity contribution is 9.09. The van der Waals surface area contributed by atoms with Crippen LogP contribution in [0.5, 0.6) is 0 Å². The fourth-order valence-corrected chi connectivity index (χ4v) is 5.09. The molecule has 1 heterocycles. The number of hydrogen-bond donors (Lipinski definition) is 0. The summed E-state index contributed by atoms with van der Waals surface area (Å²) in [5.41, 5.74) is 1.16. The van der Waals surface area contributed by atoms with Gasteiger partial charge in [0.1, 0.15) is 0 Å². The van der Waals surface area contributed by atoms with Crippen molar-refractivity contribution in [1.29, 1.82) is 0 Å². The maximum Gasteiger partial charge on any atom is 0.0949 e. The molecular formula is C16H20BrNS. The minimum Gasteiger partial charge on any atom is -0.241 e. The number of thiazole rings is 1. The summed E-state index contributed by atoms with van der Waals surface area (Å²) < 4.78 is 1.32. The molecule has 1 aliphatic rings. The largest absolute Gasteiger partial charge is 0.241 e. The summed E-state index contributed by atoms with van der Waals surface area (Å²) >= 11 is 5.79. The van der Waals surface area contributed by atoms with Crippen LogP contribution < -0.4 is 0 Å². The molecule has 3 heteroatoms. The summed E-state index contributed by atoms with van der Waals surface area (Å²) in [7, 11) is 0. The van der Waals surface area contributed by atoms with Crippen LogP contribution in [-0.2, 0) is 6.42 Å². The summed E-state index contributed by atoms with van der Waals surface area (Å²) in [4.78, 5) is 5.36. The first-order chi connectivity index (χ1) is 9.33. The maximum atomic E-state index is 4.76. The van der Waals surface area contributed by atoms with E-state index in [4.69, 9.17) is 4.98 Å². The van der Waals surface area contributed by atoms with E-state index >= 15 is 0 Å². The van der Waals surface area contributed by atoms with Gasteiger partial charge in [0.2, 0.25) is 0 Å². The van der Waals surface area contributed by atoms with Gasteiger partial charge in [0.25, 0.3) is 0 Å². The topological polar surface area (TPSA) is 12.9 Å². The number of nitrogens with zero attached hydrogens (tertiary/aromatic N) is 1. The third-order valence-corrected chi connectivity index (χ3v) is 6.25. The fraction of sp³-hybridized carbons (Fsp3) is 0.562. The Morgan fingerprint density at radius 3 is 2.63 bits per heavy atom. The highest BCUT2D eigenvalue weighted by Gasteiger charge is 2.21. The van der Waals surface area contributed by atoms with Gasteiger partial charge < -0.3 is 0 Å². The van der Waals surface area contributed by atoms with E-state index in [1.54, 1.807) is 0 Å². The van der Waals surface area contributed by atoms with E-state index in [1.165, 1.54) is 48.2 Å². The predicted octanol–water partition coefficient (Wildman–Crippen LogP) is 5.57. The van der Waals surface area contributed by atoms with Crippen LogP contribution in [-0.4, -0.2) is 9.81 Å². The van der Waals surface area contributed by atoms with Crippen molar-refractivity contribution in [2.24, 2.45) is 5.92 Å². The number of hydrogen-bond acceptors (Lipinski definition) is 2. The second kappa shape index (κ2) is 6.36. The third-order valence-electron chi connectivity index (χ3n) is 4.12. The lowest BCUT2D eigenvalue weighted by Crippen LogP contribution is -2.16. The molecule has 2 aromatic rings. The van der Waals surface area contributed by atoms with Crippen molar-refractivity contribution >= 4 is 37.5 Å². The molecule has 1 atom stereocenters. The number of para-hydroxylation sites is 1. The molecule has 1 nitrogen and oxygen atoms in total. The molecular weight excluding hydrogens is 318 g/mol. The number of halogens is 1. The lowest BCUT2D eigenvalue weighted by molar-refractivity contribution is 0.445. The SMILES string of the molecule is BrC(Cc1nc2ccccc2s1)C1CCCCCC1. The van der Waals surface area contributed by atoms with Gasteiger partial charge in [0, 0.05) is 11.2 Å². The first-order valence-corrected chi connectivity index (χ1v) is 9.04. The fourth-order valence-electron chi connectivity index (χ4n) is 3.01. The molecule has 102 valence electrons. The summed E-state index contributed by atoms with van der Waals surface area (Å²) in [5, 5.41) is 1.28. The molecule has 0 amide bonds. The van der Waals surface area contributed by atoms with Gasteiger partial charge in [-0.3, -0.25) is 0 Å². The van der Waals surface area contributed by atoms with Crippen LogP contribution in [0.15, 0.2) is 24.3 Å². The van der Waals surface area contributed by atoms with Crippen molar-refractivity contribution < 1.29 is 0 Å². The van der Waals surface area contributed by atoms with Crippen molar-refractivity contribution in [3.05, 3.63) is 29.3 Å². The Bertz CT molecular complexity index is 495. The number of aromatic nitrogens is 1. The van der Waals surface area contributed by atoms with Gasteiger partial charge in [-0.15, -0.1) is 11.3 Å². The first-order valence-electron chi connectivity index (χ1n) is 7.31. The average Bonchev–Trinajstić information content (AvgIpc) is 2.63. The number of fused-ring (bicyclic) bond motifs is 1. The van der Waals surface area contributed by atoms with E-state index in [0.717, 1.165) is 17.9 Å². The smallest absolute Gasteiger partial charge is 0.0949 e. The molecule has 1 aromatic heterocycles. The zero-order valence-corrected chi connectivity index (χ0v) is 13.5. The minimum absolute atomic E-state index is 0.603. The Kier molecular flexibility index (Phi) is 4.54. The number of alkyl halides is 1. The van der Waals surface area contributed by atoms with Crippen LogP contribution in [0.1, 0.15) is 43.5 Å². The van der Waals surface area contributed by atoms with Crippen LogP contribution >= 0.6 is 27.3 Å². The Hall–Kier alpha value is -0.410. The van der Waals surface area contributed by atoms with Gasteiger partial charge in [-0.1, -0.05) is 53.7 Å². The van der Waals surface area contributed by atoms with Gasteiger partial charge in [0.05, 0.1) is 15.2 Å². The van der Waals surface area contributed by atoms with E-state index in [-0.39, 0.29) is 0 Å². The molecule has 1 unspecified atom stereocenters. The van der Waals surface area contributed by atoms with Gasteiger partial charge >= 0.3 is 0 Å². The van der Waals surface area contributed by atoms with Crippen LogP contribution in [0, 0.1) is 5.92 Å². The van der Waals surface area contributed by atoms with Crippen LogP contribution in [0.2, 0.25) is 0 Å². The zero-order chi connectivity index (χ0) is 13.1. The highest BCUT2D eigenvalue weighted by atomic mass is 79.9. The van der Waals surface area contributed by atoms with E-state index in [1.807, 2.05) is 11.3 Å². The molecule has 0 radical (unpaired) electrons. The molecule has 1 aromatic carbocycles. The predicted molar refractivity (Wildman–Crippen MR) is 87.2 cm³/mol. The molecule has 1 fully saturated rings. The quantitative estimate of drug-likeness (QED) is 0.526. The van der Waals surface area contributed by atoms with E-state index in [0.29, 0.717) is 4.83 Å². The van der Waals surface area contributed by atoms with Gasteiger partial charge in [-0.25, -0.2) is 4.98 Å². The van der Waals surface area contributed by atoms with E-state index in [9.17, 15) is 0 Å². The normalized spacial score (nSPS) is 19.4. The molecule has 0 spiro atoms. The van der Waals surface area contributed by atoms with E-state index in [2.05, 4.69) is 40.2 Å². The Morgan fingerprint density at radius 2 is 1.89 bits per heavy atom. The Morgan fingerprint density at radius 1 is 1.16 bits per heavy atom. The molecule has 0 N–H and O–H groups in total. The van der Waals surface area contributed by atoms with Crippen molar-refractivity contribution in [3.8, 4) is 0 Å². The van der Waals surface area contributed by atoms with E-state index < -0.39 is 0 Å². The molecule has 1 aliphatic carbocycles. The van der Waals surface area contributed by atoms with Gasteiger partial charge in [-0.2, -0.15) is 0 Å². The lowest BCUT2D eigenvalue weighted by atomic mass is 9.95. The second-order valence-corrected chi connectivity index (χ2v) is 7.84. The monoisotopic (exact) mass is 337 g/mol. The molecule has 19 heavy (non-hydrogen) atoms. The Balaban J connectivity index is 1.69. The number of rotatable bonds is 3. The van der Waals surface area contributed by atoms with Crippen LogP contribution in [0.4, 0.5) is 0 Å². The Labute approximate surface area is 127 Å². The van der Waals surface area contributed by atoms with Crippen LogP contribution in [0.25, 0.3) is 10.2 Å². The zero-order valence-electron chi connectivity index (χ0n) is 11.1. The molecule has 0 bridgehead atoms. The van der Waals surface area contributed by atoms with Crippen LogP contribution in [0.3, 0.4) is 0 Å². The third kappa shape index (κ3) is 3.38. The lowest BCUT2D eigenvalue weighted by Gasteiger charge is -2.19. The van der Waals surface area contributed by atoms with Gasteiger partial charge in [0.15, 0.2) is 0 Å².